The molecule has 3 aliphatic rings. The Hall–Kier alpha value is -5.25. The van der Waals surface area contributed by atoms with Crippen LogP contribution >= 0.6 is 34.5 Å². The second-order valence-electron chi connectivity index (χ2n) is 14.1. The summed E-state index contributed by atoms with van der Waals surface area (Å²) >= 11 is 15.7. The lowest BCUT2D eigenvalue weighted by atomic mass is 9.93. The van der Waals surface area contributed by atoms with Crippen molar-refractivity contribution in [3.63, 3.8) is 0 Å². The number of carbonyl (C=O) groups is 2. The fraction of sp³-hybridized carbons (Fsp3) is 0.310. The van der Waals surface area contributed by atoms with E-state index in [-0.39, 0.29) is 25.1 Å². The predicted molar refractivity (Wildman–Crippen MR) is 224 cm³/mol. The van der Waals surface area contributed by atoms with Crippen molar-refractivity contribution in [1.82, 2.24) is 30.9 Å². The van der Waals surface area contributed by atoms with Crippen molar-refractivity contribution in [2.24, 2.45) is 0 Å². The van der Waals surface area contributed by atoms with E-state index in [0.29, 0.717) is 82.2 Å². The summed E-state index contributed by atoms with van der Waals surface area (Å²) in [5.74, 6) is 2.37. The number of hydrogen-bond acceptors (Lipinski definition) is 13. The van der Waals surface area contributed by atoms with E-state index >= 15 is 0 Å². The molecule has 1 amide bonds. The Balaban J connectivity index is 0.913. The molecule has 13 nitrogen and oxygen atoms in total. The van der Waals surface area contributed by atoms with Gasteiger partial charge in [0.25, 0.3) is 5.95 Å². The minimum absolute atomic E-state index is 0.00223. The van der Waals surface area contributed by atoms with Crippen LogP contribution in [0.15, 0.2) is 83.8 Å². The molecule has 16 heteroatoms. The van der Waals surface area contributed by atoms with E-state index in [1.54, 1.807) is 20.2 Å². The highest BCUT2D eigenvalue weighted by Gasteiger charge is 2.27. The van der Waals surface area contributed by atoms with Crippen molar-refractivity contribution in [2.75, 3.05) is 32.1 Å². The number of rotatable bonds is 15. The lowest BCUT2D eigenvalue weighted by molar-refractivity contribution is -0.142. The Bertz CT molecular complexity index is 2450. The van der Waals surface area contributed by atoms with Gasteiger partial charge in [-0.25, -0.2) is 15.0 Å². The number of benzene rings is 2. The fourth-order valence-electron chi connectivity index (χ4n) is 6.81. The first kappa shape index (κ1) is 39.6. The maximum absolute atomic E-state index is 12.5. The maximum Gasteiger partial charge on any atom is 0.320 e. The highest BCUT2D eigenvalue weighted by atomic mass is 35.5. The van der Waals surface area contributed by atoms with Crippen molar-refractivity contribution in [1.29, 1.82) is 0 Å². The summed E-state index contributed by atoms with van der Waals surface area (Å²) in [6, 6.07) is 17.3. The van der Waals surface area contributed by atoms with E-state index in [9.17, 15) is 9.59 Å². The highest BCUT2D eigenvalue weighted by Crippen LogP contribution is 2.42. The van der Waals surface area contributed by atoms with Crippen LogP contribution < -0.4 is 26.0 Å². The van der Waals surface area contributed by atoms with Gasteiger partial charge in [-0.15, -0.1) is 11.3 Å². The van der Waals surface area contributed by atoms with Crippen LogP contribution in [0.3, 0.4) is 0 Å². The van der Waals surface area contributed by atoms with Gasteiger partial charge in [0.1, 0.15) is 16.3 Å². The summed E-state index contributed by atoms with van der Waals surface area (Å²) in [4.78, 5) is 38.2. The van der Waals surface area contributed by atoms with Gasteiger partial charge >= 0.3 is 5.97 Å². The molecule has 1 atom stereocenters. The van der Waals surface area contributed by atoms with Crippen LogP contribution in [0.5, 0.6) is 5.88 Å². The lowest BCUT2D eigenvalue weighted by Gasteiger charge is -2.17. The predicted octanol–water partition coefficient (Wildman–Crippen LogP) is 8.15. The van der Waals surface area contributed by atoms with Gasteiger partial charge in [0.2, 0.25) is 11.8 Å². The molecule has 1 aliphatic carbocycles. The normalized spacial score (nSPS) is 16.3. The molecule has 5 heterocycles. The summed E-state index contributed by atoms with van der Waals surface area (Å²) < 4.78 is 23.5. The number of methoxy groups -OCH3 is 1. The summed E-state index contributed by atoms with van der Waals surface area (Å²) in [6.45, 7) is 3.38. The van der Waals surface area contributed by atoms with E-state index < -0.39 is 5.97 Å². The number of anilines is 2. The minimum Gasteiger partial charge on any atom is -0.481 e. The number of amides is 1. The molecule has 300 valence electrons. The standard InChI is InChI=1S/C42H41Cl2N7O6S/c1-23-32(57-42(56-23)24-6-3-7-24)22-55-36(53)21-46-20-35-51-39-33(58-35)16-17-47-40(39)49-31-11-5-9-28(38(31)44)27-8-4-10-29(37(27)43)30-14-12-25(41(50-30)54-2)18-45-19-26-13-15-34(52)48-26/h4-5,8-12,14,16-17,26,45-46H,3,6-7,13,15,18-22H2,1-2H3,(H,47,49)(H,48,52). The first-order valence-corrected chi connectivity index (χ1v) is 20.6. The Morgan fingerprint density at radius 3 is 2.55 bits per heavy atom. The van der Waals surface area contributed by atoms with Crippen LogP contribution in [0.25, 0.3) is 32.6 Å². The van der Waals surface area contributed by atoms with Crippen LogP contribution in [0.1, 0.15) is 49.6 Å². The number of allylic oxidation sites excluding steroid dienone is 2. The number of thiazole rings is 1. The number of nitrogens with one attached hydrogen (secondary N) is 4. The number of ether oxygens (including phenoxy) is 4. The molecule has 2 aromatic carbocycles. The third kappa shape index (κ3) is 8.76. The third-order valence-corrected chi connectivity index (χ3v) is 11.9. The van der Waals surface area contributed by atoms with Crippen molar-refractivity contribution >= 4 is 68.1 Å². The maximum atomic E-state index is 12.5. The first-order chi connectivity index (χ1) is 28.2. The number of esters is 1. The molecule has 0 bridgehead atoms. The van der Waals surface area contributed by atoms with Gasteiger partial charge in [-0.1, -0.05) is 59.6 Å². The number of pyridine rings is 2. The Morgan fingerprint density at radius 1 is 0.966 bits per heavy atom. The molecule has 1 unspecified atom stereocenters. The number of hydrogen-bond donors (Lipinski definition) is 4. The van der Waals surface area contributed by atoms with Crippen molar-refractivity contribution in [2.45, 2.75) is 58.2 Å². The summed E-state index contributed by atoms with van der Waals surface area (Å²) in [5, 5.41) is 14.6. The van der Waals surface area contributed by atoms with Crippen LogP contribution in [0, 0.1) is 0 Å². The topological polar surface area (TPSA) is 158 Å². The van der Waals surface area contributed by atoms with Gasteiger partial charge in [-0.05, 0) is 50.8 Å². The van der Waals surface area contributed by atoms with Gasteiger partial charge in [0.05, 0.1) is 39.8 Å². The number of fused-ring (bicyclic) bond motifs is 1. The summed E-state index contributed by atoms with van der Waals surface area (Å²) in [5.41, 5.74) is 6.19. The Kier molecular flexibility index (Phi) is 12.1. The first-order valence-electron chi connectivity index (χ1n) is 19.0. The third-order valence-electron chi connectivity index (χ3n) is 10.1. The van der Waals surface area contributed by atoms with Crippen LogP contribution in [-0.2, 0) is 36.9 Å². The van der Waals surface area contributed by atoms with Crippen LogP contribution in [-0.4, -0.2) is 59.7 Å². The minimum atomic E-state index is -0.412. The molecule has 5 aromatic rings. The summed E-state index contributed by atoms with van der Waals surface area (Å²) in [6.07, 6.45) is 6.18. The van der Waals surface area contributed by atoms with E-state index in [4.69, 9.17) is 52.1 Å². The SMILES string of the molecule is COc1nc(-c2cccc(-c3cccc(Nc4nccc5sc(CNCC(=O)OCC6=C(C)OC(=C7CCC7)O6)nc45)c3Cl)c2Cl)ccc1CNCC1CCC(=O)N1. The molecule has 2 aliphatic heterocycles. The van der Waals surface area contributed by atoms with Crippen LogP contribution in [0.2, 0.25) is 10.0 Å². The number of nitrogens with zero attached hydrogens (tertiary/aromatic N) is 3. The molecule has 8 rings (SSSR count). The highest BCUT2D eigenvalue weighted by molar-refractivity contribution is 7.18. The summed E-state index contributed by atoms with van der Waals surface area (Å²) in [7, 11) is 1.59. The van der Waals surface area contributed by atoms with Crippen LogP contribution in [0.4, 0.5) is 11.5 Å². The molecule has 1 saturated carbocycles. The van der Waals surface area contributed by atoms with Crippen molar-refractivity contribution in [3.05, 3.63) is 104 Å². The second kappa shape index (κ2) is 17.7. The number of carbonyl (C=O) groups excluding carboxylic acids is 2. The molecular weight excluding hydrogens is 801 g/mol. The molecular formula is C42H41Cl2N7O6S. The Labute approximate surface area is 349 Å². The quantitative estimate of drug-likeness (QED) is 0.0752. The molecule has 2 fully saturated rings. The molecule has 0 radical (unpaired) electrons. The zero-order valence-corrected chi connectivity index (χ0v) is 34.2. The molecule has 3 aromatic heterocycles. The fourth-order valence-corrected chi connectivity index (χ4v) is 8.35. The zero-order chi connectivity index (χ0) is 40.2. The van der Waals surface area contributed by atoms with E-state index in [0.717, 1.165) is 63.2 Å². The smallest absolute Gasteiger partial charge is 0.320 e. The number of halogens is 2. The lowest BCUT2D eigenvalue weighted by Crippen LogP contribution is -2.35. The van der Waals surface area contributed by atoms with E-state index in [2.05, 4.69) is 26.3 Å². The van der Waals surface area contributed by atoms with Gasteiger partial charge in [0, 0.05) is 66.1 Å². The largest absolute Gasteiger partial charge is 0.481 e. The van der Waals surface area contributed by atoms with Crippen molar-refractivity contribution in [3.8, 4) is 28.3 Å². The molecule has 4 N–H and O–H groups in total. The average Bonchev–Trinajstić information content (AvgIpc) is 3.92. The van der Waals surface area contributed by atoms with Crippen molar-refractivity contribution < 1.29 is 28.5 Å². The Morgan fingerprint density at radius 2 is 1.78 bits per heavy atom. The van der Waals surface area contributed by atoms with E-state index in [1.165, 1.54) is 11.3 Å². The molecule has 0 spiro atoms. The van der Waals surface area contributed by atoms with Gasteiger partial charge in [-0.2, -0.15) is 0 Å². The molecule has 1 saturated heterocycles. The zero-order valence-electron chi connectivity index (χ0n) is 31.9. The van der Waals surface area contributed by atoms with E-state index in [1.807, 2.05) is 54.6 Å². The average molecular weight is 843 g/mol. The van der Waals surface area contributed by atoms with Gasteiger partial charge < -0.3 is 40.2 Å². The monoisotopic (exact) mass is 841 g/mol. The van der Waals surface area contributed by atoms with Gasteiger partial charge in [0.15, 0.2) is 18.2 Å². The van der Waals surface area contributed by atoms with Gasteiger partial charge in [-0.3, -0.25) is 9.59 Å². The number of aromatic nitrogens is 3. The second-order valence-corrected chi connectivity index (χ2v) is 15.9. The molecule has 58 heavy (non-hydrogen) atoms.